The standard InChI is InChI=1S/C13H17F3N4O/c1-20(2)10-3-5-17-7-9(10)19-11(21)12(13(14,15)16)4-6-18-8-12/h3,5,7,18H,4,6,8H2,1-2H3,(H,19,21). The number of rotatable bonds is 3. The van der Waals surface area contributed by atoms with Crippen molar-refractivity contribution < 1.29 is 18.0 Å². The lowest BCUT2D eigenvalue weighted by Gasteiger charge is -2.30. The van der Waals surface area contributed by atoms with Crippen molar-refractivity contribution in [2.45, 2.75) is 12.6 Å². The number of amides is 1. The summed E-state index contributed by atoms with van der Waals surface area (Å²) in [6, 6.07) is 1.63. The molecule has 0 bridgehead atoms. The Balaban J connectivity index is 2.29. The molecule has 0 aromatic carbocycles. The molecule has 2 rings (SSSR count). The van der Waals surface area contributed by atoms with Gasteiger partial charge in [-0.25, -0.2) is 0 Å². The number of anilines is 2. The third-order valence-corrected chi connectivity index (χ3v) is 3.66. The molecular weight excluding hydrogens is 285 g/mol. The predicted molar refractivity (Wildman–Crippen MR) is 73.2 cm³/mol. The third kappa shape index (κ3) is 2.80. The van der Waals surface area contributed by atoms with Gasteiger partial charge in [-0.2, -0.15) is 13.2 Å². The molecule has 8 heteroatoms. The van der Waals surface area contributed by atoms with E-state index < -0.39 is 24.0 Å². The van der Waals surface area contributed by atoms with Crippen LogP contribution in [0.4, 0.5) is 24.5 Å². The Morgan fingerprint density at radius 2 is 2.19 bits per heavy atom. The number of halogens is 3. The molecule has 2 heterocycles. The van der Waals surface area contributed by atoms with E-state index in [0.717, 1.165) is 0 Å². The fraction of sp³-hybridized carbons (Fsp3) is 0.538. The van der Waals surface area contributed by atoms with Gasteiger partial charge in [-0.15, -0.1) is 0 Å². The fourth-order valence-corrected chi connectivity index (χ4v) is 2.37. The van der Waals surface area contributed by atoms with Crippen molar-refractivity contribution in [3.05, 3.63) is 18.5 Å². The van der Waals surface area contributed by atoms with Crippen molar-refractivity contribution in [3.63, 3.8) is 0 Å². The van der Waals surface area contributed by atoms with Gasteiger partial charge in [0.15, 0.2) is 5.41 Å². The molecule has 0 spiro atoms. The molecule has 0 radical (unpaired) electrons. The van der Waals surface area contributed by atoms with Crippen molar-refractivity contribution in [1.82, 2.24) is 10.3 Å². The van der Waals surface area contributed by atoms with E-state index in [1.54, 1.807) is 25.1 Å². The Hall–Kier alpha value is -1.83. The molecule has 116 valence electrons. The van der Waals surface area contributed by atoms with E-state index in [2.05, 4.69) is 15.6 Å². The number of aromatic nitrogens is 1. The van der Waals surface area contributed by atoms with Crippen LogP contribution >= 0.6 is 0 Å². The molecule has 1 aromatic heterocycles. The highest BCUT2D eigenvalue weighted by molar-refractivity contribution is 5.98. The number of alkyl halides is 3. The van der Waals surface area contributed by atoms with Gasteiger partial charge < -0.3 is 15.5 Å². The van der Waals surface area contributed by atoms with E-state index in [0.29, 0.717) is 5.69 Å². The van der Waals surface area contributed by atoms with E-state index in [1.165, 1.54) is 12.4 Å². The molecule has 1 aliphatic rings. The van der Waals surface area contributed by atoms with Gasteiger partial charge in [0.05, 0.1) is 17.6 Å². The molecular formula is C13H17F3N4O. The summed E-state index contributed by atoms with van der Waals surface area (Å²) in [4.78, 5) is 17.8. The lowest BCUT2D eigenvalue weighted by molar-refractivity contribution is -0.213. The van der Waals surface area contributed by atoms with Crippen molar-refractivity contribution in [2.75, 3.05) is 37.4 Å². The Bertz CT molecular complexity index is 524. The summed E-state index contributed by atoms with van der Waals surface area (Å²) >= 11 is 0. The van der Waals surface area contributed by atoms with Crippen LogP contribution < -0.4 is 15.5 Å². The highest BCUT2D eigenvalue weighted by atomic mass is 19.4. The second kappa shape index (κ2) is 5.51. The molecule has 1 amide bonds. The van der Waals surface area contributed by atoms with Gasteiger partial charge in [-0.1, -0.05) is 0 Å². The molecule has 1 saturated heterocycles. The molecule has 0 saturated carbocycles. The first-order valence-electron chi connectivity index (χ1n) is 6.48. The van der Waals surface area contributed by atoms with Crippen molar-refractivity contribution in [3.8, 4) is 0 Å². The second-order valence-electron chi connectivity index (χ2n) is 5.25. The number of nitrogens with zero attached hydrogens (tertiary/aromatic N) is 2. The maximum atomic E-state index is 13.3. The van der Waals surface area contributed by atoms with E-state index in [9.17, 15) is 18.0 Å². The van der Waals surface area contributed by atoms with Crippen molar-refractivity contribution >= 4 is 17.3 Å². The van der Waals surface area contributed by atoms with Crippen molar-refractivity contribution in [1.29, 1.82) is 0 Å². The van der Waals surface area contributed by atoms with Gasteiger partial charge >= 0.3 is 6.18 Å². The normalized spacial score (nSPS) is 22.1. The number of carbonyl (C=O) groups excluding carboxylic acids is 1. The molecule has 0 aliphatic carbocycles. The second-order valence-corrected chi connectivity index (χ2v) is 5.25. The van der Waals surface area contributed by atoms with E-state index in [4.69, 9.17) is 0 Å². The number of hydrogen-bond acceptors (Lipinski definition) is 4. The average molecular weight is 302 g/mol. The quantitative estimate of drug-likeness (QED) is 0.891. The first-order valence-corrected chi connectivity index (χ1v) is 6.48. The van der Waals surface area contributed by atoms with Crippen LogP contribution in [0.1, 0.15) is 6.42 Å². The summed E-state index contributed by atoms with van der Waals surface area (Å²) in [7, 11) is 3.48. The van der Waals surface area contributed by atoms with Gasteiger partial charge in [0.25, 0.3) is 0 Å². The van der Waals surface area contributed by atoms with Crippen LogP contribution in [0, 0.1) is 5.41 Å². The maximum Gasteiger partial charge on any atom is 0.404 e. The van der Waals surface area contributed by atoms with Gasteiger partial charge in [0, 0.05) is 26.8 Å². The van der Waals surface area contributed by atoms with Crippen LogP contribution in [-0.4, -0.2) is 44.3 Å². The van der Waals surface area contributed by atoms with Crippen LogP contribution in [0.25, 0.3) is 0 Å². The molecule has 1 atom stereocenters. The van der Waals surface area contributed by atoms with Crippen LogP contribution in [0.3, 0.4) is 0 Å². The zero-order chi connectivity index (χ0) is 15.7. The summed E-state index contributed by atoms with van der Waals surface area (Å²) in [5, 5.41) is 4.99. The molecule has 1 fully saturated rings. The molecule has 21 heavy (non-hydrogen) atoms. The Labute approximate surface area is 120 Å². The maximum absolute atomic E-state index is 13.3. The average Bonchev–Trinajstić information content (AvgIpc) is 2.89. The summed E-state index contributed by atoms with van der Waals surface area (Å²) in [6.07, 6.45) is -2.00. The van der Waals surface area contributed by atoms with Gasteiger partial charge in [-0.3, -0.25) is 9.78 Å². The number of hydrogen-bond donors (Lipinski definition) is 2. The van der Waals surface area contributed by atoms with Crippen LogP contribution in [-0.2, 0) is 4.79 Å². The molecule has 2 N–H and O–H groups in total. The van der Waals surface area contributed by atoms with E-state index in [1.807, 2.05) is 0 Å². The SMILES string of the molecule is CN(C)c1ccncc1NC(=O)C1(C(F)(F)F)CCNC1. The lowest BCUT2D eigenvalue weighted by atomic mass is 9.85. The highest BCUT2D eigenvalue weighted by Crippen LogP contribution is 2.44. The van der Waals surface area contributed by atoms with E-state index >= 15 is 0 Å². The molecule has 1 aliphatic heterocycles. The monoisotopic (exact) mass is 302 g/mol. The van der Waals surface area contributed by atoms with Crippen LogP contribution in [0.15, 0.2) is 18.5 Å². The summed E-state index contributed by atoms with van der Waals surface area (Å²) in [6.45, 7) is -0.236. The highest BCUT2D eigenvalue weighted by Gasteiger charge is 2.61. The summed E-state index contributed by atoms with van der Waals surface area (Å²) in [5.41, 5.74) is -1.52. The number of nitrogens with one attached hydrogen (secondary N) is 2. The van der Waals surface area contributed by atoms with Gasteiger partial charge in [0.2, 0.25) is 5.91 Å². The minimum Gasteiger partial charge on any atom is -0.376 e. The third-order valence-electron chi connectivity index (χ3n) is 3.66. The zero-order valence-electron chi connectivity index (χ0n) is 11.8. The molecule has 5 nitrogen and oxygen atoms in total. The summed E-state index contributed by atoms with van der Waals surface area (Å²) in [5.74, 6) is -1.05. The predicted octanol–water partition coefficient (Wildman–Crippen LogP) is 1.63. The van der Waals surface area contributed by atoms with Gasteiger partial charge in [-0.05, 0) is 19.0 Å². The van der Waals surface area contributed by atoms with Crippen molar-refractivity contribution in [2.24, 2.45) is 5.41 Å². The summed E-state index contributed by atoms with van der Waals surface area (Å²) < 4.78 is 39.9. The Morgan fingerprint density at radius 1 is 1.48 bits per heavy atom. The number of pyridine rings is 1. The molecule has 1 aromatic rings. The largest absolute Gasteiger partial charge is 0.404 e. The first-order chi connectivity index (χ1) is 9.78. The van der Waals surface area contributed by atoms with Gasteiger partial charge in [0.1, 0.15) is 0 Å². The molecule has 1 unspecified atom stereocenters. The fourth-order valence-electron chi connectivity index (χ4n) is 2.37. The number of carbonyl (C=O) groups is 1. The first kappa shape index (κ1) is 15.6. The minimum atomic E-state index is -4.60. The topological polar surface area (TPSA) is 57.3 Å². The van der Waals surface area contributed by atoms with Crippen LogP contribution in [0.5, 0.6) is 0 Å². The smallest absolute Gasteiger partial charge is 0.376 e. The lowest BCUT2D eigenvalue weighted by Crippen LogP contribution is -2.49. The van der Waals surface area contributed by atoms with Crippen LogP contribution in [0.2, 0.25) is 0 Å². The Kier molecular flexibility index (Phi) is 4.08. The van der Waals surface area contributed by atoms with E-state index in [-0.39, 0.29) is 18.7 Å². The zero-order valence-corrected chi connectivity index (χ0v) is 11.8. The Morgan fingerprint density at radius 3 is 2.71 bits per heavy atom. The minimum absolute atomic E-state index is 0.167.